The van der Waals surface area contributed by atoms with E-state index < -0.39 is 121 Å². The molecule has 15 atom stereocenters. The van der Waals surface area contributed by atoms with E-state index in [4.69, 9.17) is 46.1 Å². The smallest absolute Gasteiger partial charge is 0.192 e. The summed E-state index contributed by atoms with van der Waals surface area (Å²) < 4.78 is 102. The lowest BCUT2D eigenvalue weighted by Gasteiger charge is -2.52. The Morgan fingerprint density at radius 2 is 1.18 bits per heavy atom. The molecule has 4 saturated heterocycles. The van der Waals surface area contributed by atoms with Crippen LogP contribution in [0.2, 0.25) is 72.5 Å². The van der Waals surface area contributed by atoms with Crippen LogP contribution in [0.3, 0.4) is 0 Å². The van der Waals surface area contributed by atoms with Crippen molar-refractivity contribution in [3.8, 4) is 0 Å². The van der Waals surface area contributed by atoms with E-state index in [9.17, 15) is 5.11 Å². The molecule has 2 aromatic rings. The van der Waals surface area contributed by atoms with Gasteiger partial charge in [0.25, 0.3) is 0 Å². The normalized spacial score (nSPS) is 29.7. The van der Waals surface area contributed by atoms with Crippen LogP contribution in [0.1, 0.15) is 121 Å². The first-order valence-corrected chi connectivity index (χ1v) is 43.0. The van der Waals surface area contributed by atoms with Crippen LogP contribution in [0.25, 0.3) is 0 Å². The number of aliphatic hydroxyl groups is 1. The van der Waals surface area contributed by atoms with Gasteiger partial charge in [0, 0.05) is 25.9 Å². The second kappa shape index (κ2) is 25.9. The molecule has 13 nitrogen and oxygen atoms in total. The molecular formula is C62H108O13SSi4. The van der Waals surface area contributed by atoms with Gasteiger partial charge in [-0.15, -0.1) is 6.58 Å². The Morgan fingerprint density at radius 3 is 1.71 bits per heavy atom. The zero-order valence-electron chi connectivity index (χ0n) is 53.1. The minimum Gasteiger partial charge on any atom is -0.414 e. The fourth-order valence-electron chi connectivity index (χ4n) is 10.9. The molecule has 0 saturated carbocycles. The molecule has 0 spiro atoms. The Balaban J connectivity index is 1.35. The first kappa shape index (κ1) is 67.7. The van der Waals surface area contributed by atoms with Crippen molar-refractivity contribution >= 4 is 43.1 Å². The molecule has 0 aromatic heterocycles. The second-order valence-electron chi connectivity index (χ2n) is 29.7. The predicted molar refractivity (Wildman–Crippen MR) is 331 cm³/mol. The van der Waals surface area contributed by atoms with Crippen molar-refractivity contribution in [2.45, 2.75) is 284 Å². The molecule has 6 rings (SSSR count). The van der Waals surface area contributed by atoms with E-state index in [0.29, 0.717) is 45.5 Å². The van der Waals surface area contributed by atoms with Crippen molar-refractivity contribution in [1.29, 1.82) is 0 Å². The zero-order valence-corrected chi connectivity index (χ0v) is 57.9. The predicted octanol–water partition coefficient (Wildman–Crippen LogP) is 13.4. The van der Waals surface area contributed by atoms with Gasteiger partial charge >= 0.3 is 0 Å². The molecule has 2 aromatic carbocycles. The molecule has 0 aliphatic carbocycles. The third-order valence-electron chi connectivity index (χ3n) is 19.8. The summed E-state index contributed by atoms with van der Waals surface area (Å²) in [6, 6.07) is 18.6. The molecule has 4 aliphatic rings. The van der Waals surface area contributed by atoms with Crippen molar-refractivity contribution in [2.75, 3.05) is 20.3 Å². The van der Waals surface area contributed by atoms with E-state index in [2.05, 4.69) is 154 Å². The SMILES string of the molecule is C=CC[C@H]1O[C@H](C[C@@H](CO[Si](C)(C)C(C)(C)C)O[Si](C)(C)C(C)(C)C)[C@H](OC)[C@H]1C(C(O)C[C@H]1CC[C@@H]2O[C@@H]3[C@@H](O[C@H](COCc4ccccc4)[C@@H]3O[Si](C)(C)C(C)(C)C)[C@@H](O[Si](C)(C)C(C)(C)C)[C@H]2O1)S(=O)(=O)c1ccccc1. The average Bonchev–Trinajstić information content (AvgIpc) is 3.85. The minimum atomic E-state index is -4.25. The van der Waals surface area contributed by atoms with Crippen LogP contribution < -0.4 is 0 Å². The summed E-state index contributed by atoms with van der Waals surface area (Å²) in [6.45, 7) is 50.0. The van der Waals surface area contributed by atoms with Gasteiger partial charge in [-0.05, 0) is 109 Å². The van der Waals surface area contributed by atoms with Gasteiger partial charge in [0.1, 0.15) is 36.6 Å². The van der Waals surface area contributed by atoms with Crippen LogP contribution in [0.5, 0.6) is 0 Å². The summed E-state index contributed by atoms with van der Waals surface area (Å²) >= 11 is 0. The molecule has 1 N–H and O–H groups in total. The second-order valence-corrected chi connectivity index (χ2v) is 50.9. The van der Waals surface area contributed by atoms with Gasteiger partial charge in [-0.3, -0.25) is 0 Å². The lowest BCUT2D eigenvalue weighted by molar-refractivity contribution is -0.257. The lowest BCUT2D eigenvalue weighted by Crippen LogP contribution is -2.65. The molecule has 0 radical (unpaired) electrons. The summed E-state index contributed by atoms with van der Waals surface area (Å²) in [5.74, 6) is -0.798. The van der Waals surface area contributed by atoms with E-state index in [1.165, 1.54) is 0 Å². The summed E-state index contributed by atoms with van der Waals surface area (Å²) in [4.78, 5) is 0.121. The van der Waals surface area contributed by atoms with E-state index in [-0.39, 0.29) is 43.7 Å². The standard InChI is InChI=1S/C62H108O13SSi4/c1-23-30-47-51(52(66-14)49(70-47)38-44(73-78(17,18)60(5,6)7)40-68-77(15,16)59(2,3)4)58(76(64,65)45-33-28-25-29-34-45)46(63)37-43-35-36-48-53(69-43)57(75-80(21,22)62(11,12)13)56-55(71-48)54(74-79(19,20)61(8,9)10)50(72-56)41-67-39-42-31-26-24-27-32-42/h23-29,31-34,43-44,46-58,63H,1,30,35-41H2,2-22H3/t43-,44+,46?,47-,48+,49-,50-,51+,52+,53+,54+,55+,56-,57+,58?/m1/s1. The van der Waals surface area contributed by atoms with Crippen molar-refractivity contribution < 1.29 is 59.6 Å². The van der Waals surface area contributed by atoms with Crippen molar-refractivity contribution in [3.05, 3.63) is 78.9 Å². The largest absolute Gasteiger partial charge is 0.414 e. The Morgan fingerprint density at radius 1 is 0.637 bits per heavy atom. The molecule has 0 amide bonds. The molecule has 456 valence electrons. The summed E-state index contributed by atoms with van der Waals surface area (Å²) in [5.41, 5.74) is 1.07. The number of methoxy groups -OCH3 is 1. The van der Waals surface area contributed by atoms with E-state index in [1.807, 2.05) is 18.2 Å². The van der Waals surface area contributed by atoms with Crippen LogP contribution in [0.4, 0.5) is 0 Å². The summed E-state index contributed by atoms with van der Waals surface area (Å²) in [7, 11) is -12.1. The van der Waals surface area contributed by atoms with Gasteiger partial charge in [-0.1, -0.05) is 138 Å². The van der Waals surface area contributed by atoms with Crippen LogP contribution >= 0.6 is 0 Å². The van der Waals surface area contributed by atoms with Crippen LogP contribution in [0, 0.1) is 5.92 Å². The Bertz CT molecular complexity index is 2400. The molecule has 2 unspecified atom stereocenters. The first-order chi connectivity index (χ1) is 36.8. The number of aliphatic hydroxyl groups excluding tert-OH is 1. The minimum absolute atomic E-state index is 0.0228. The van der Waals surface area contributed by atoms with Crippen molar-refractivity contribution in [1.82, 2.24) is 0 Å². The highest BCUT2D eigenvalue weighted by atomic mass is 32.2. The van der Waals surface area contributed by atoms with E-state index in [1.54, 1.807) is 43.5 Å². The molecular weight excluding hydrogens is 1100 g/mol. The van der Waals surface area contributed by atoms with E-state index in [0.717, 1.165) is 5.56 Å². The van der Waals surface area contributed by atoms with Crippen molar-refractivity contribution in [2.24, 2.45) is 5.92 Å². The molecule has 80 heavy (non-hydrogen) atoms. The third kappa shape index (κ3) is 15.6. The quantitative estimate of drug-likeness (QED) is 0.0786. The first-order valence-electron chi connectivity index (χ1n) is 29.8. The maximum Gasteiger partial charge on any atom is 0.192 e. The number of hydrogen-bond donors (Lipinski definition) is 1. The average molecular weight is 1210 g/mol. The van der Waals surface area contributed by atoms with Crippen LogP contribution in [0.15, 0.2) is 78.2 Å². The van der Waals surface area contributed by atoms with Crippen LogP contribution in [-0.4, -0.2) is 152 Å². The van der Waals surface area contributed by atoms with Gasteiger partial charge in [0.2, 0.25) is 0 Å². The number of rotatable bonds is 24. The highest BCUT2D eigenvalue weighted by Gasteiger charge is 2.62. The van der Waals surface area contributed by atoms with Gasteiger partial charge in [0.15, 0.2) is 43.1 Å². The fraction of sp³-hybridized carbons (Fsp3) is 0.774. The van der Waals surface area contributed by atoms with Gasteiger partial charge < -0.3 is 51.2 Å². The Labute approximate surface area is 489 Å². The monoisotopic (exact) mass is 1200 g/mol. The number of sulfone groups is 1. The zero-order chi connectivity index (χ0) is 59.8. The molecule has 18 heteroatoms. The Hall–Kier alpha value is -1.44. The number of fused-ring (bicyclic) bond motifs is 2. The summed E-state index contributed by atoms with van der Waals surface area (Å²) in [6.07, 6.45) is -3.95. The molecule has 4 fully saturated rings. The Kier molecular flexibility index (Phi) is 21.9. The number of ether oxygens (including phenoxy) is 6. The molecule has 4 heterocycles. The lowest BCUT2D eigenvalue weighted by atomic mass is 9.84. The summed E-state index contributed by atoms with van der Waals surface area (Å²) in [5, 5.41) is 11.4. The number of benzene rings is 2. The highest BCUT2D eigenvalue weighted by molar-refractivity contribution is 7.92. The van der Waals surface area contributed by atoms with Crippen molar-refractivity contribution in [3.63, 3.8) is 0 Å². The maximum atomic E-state index is 15.5. The highest BCUT2D eigenvalue weighted by Crippen LogP contribution is 2.50. The third-order valence-corrected chi connectivity index (χ3v) is 40.0. The fourth-order valence-corrected chi connectivity index (χ4v) is 18.0. The molecule has 0 bridgehead atoms. The van der Waals surface area contributed by atoms with Gasteiger partial charge in [-0.2, -0.15) is 0 Å². The topological polar surface area (TPSA) is 147 Å². The maximum absolute atomic E-state index is 15.5. The van der Waals surface area contributed by atoms with Crippen LogP contribution in [-0.2, 0) is 62.6 Å². The molecule has 4 aliphatic heterocycles. The van der Waals surface area contributed by atoms with E-state index >= 15 is 8.42 Å². The number of hydrogen-bond acceptors (Lipinski definition) is 13. The van der Waals surface area contributed by atoms with Gasteiger partial charge in [0.05, 0.1) is 72.7 Å². The van der Waals surface area contributed by atoms with Gasteiger partial charge in [-0.25, -0.2) is 8.42 Å².